The highest BCUT2D eigenvalue weighted by molar-refractivity contribution is 4.92. The van der Waals surface area contributed by atoms with Crippen molar-refractivity contribution in [3.8, 4) is 0 Å². The monoisotopic (exact) mass is 153 g/mol. The second kappa shape index (κ2) is 2.55. The molecule has 3 saturated heterocycles. The van der Waals surface area contributed by atoms with Crippen LogP contribution in [0, 0.1) is 10.9 Å². The Hall–Kier alpha value is -0.440. The molecule has 3 aliphatic rings. The van der Waals surface area contributed by atoms with Gasteiger partial charge in [0.05, 0.1) is 6.54 Å². The van der Waals surface area contributed by atoms with E-state index in [1.807, 2.05) is 0 Å². The SMILES string of the molecule is N=NCC12CCN(CC1)CC2. The maximum Gasteiger partial charge on any atom is 0.0654 e. The minimum absolute atomic E-state index is 0.441. The van der Waals surface area contributed by atoms with E-state index in [-0.39, 0.29) is 0 Å². The van der Waals surface area contributed by atoms with Gasteiger partial charge < -0.3 is 4.90 Å². The molecule has 11 heavy (non-hydrogen) atoms. The number of hydrogen-bond acceptors (Lipinski definition) is 3. The normalized spacial score (nSPS) is 42.4. The Morgan fingerprint density at radius 2 is 1.73 bits per heavy atom. The van der Waals surface area contributed by atoms with E-state index in [1.165, 1.54) is 38.9 Å². The van der Waals surface area contributed by atoms with Crippen LogP contribution in [-0.4, -0.2) is 31.1 Å². The molecule has 3 aliphatic heterocycles. The summed E-state index contributed by atoms with van der Waals surface area (Å²) < 4.78 is 0. The first-order valence-electron chi connectivity index (χ1n) is 4.40. The van der Waals surface area contributed by atoms with E-state index in [2.05, 4.69) is 10.0 Å². The van der Waals surface area contributed by atoms with Crippen molar-refractivity contribution in [1.82, 2.24) is 4.90 Å². The fourth-order valence-corrected chi connectivity index (χ4v) is 2.30. The summed E-state index contributed by atoms with van der Waals surface area (Å²) in [7, 11) is 0. The summed E-state index contributed by atoms with van der Waals surface area (Å²) in [5, 5.41) is 3.56. The Morgan fingerprint density at radius 3 is 2.18 bits per heavy atom. The standard InChI is InChI=1S/C8H15N3/c9-10-7-8-1-4-11(5-2-8)6-3-8/h9H,1-7H2. The average Bonchev–Trinajstić information content (AvgIpc) is 2.07. The molecule has 3 heteroatoms. The zero-order chi connectivity index (χ0) is 7.73. The van der Waals surface area contributed by atoms with Gasteiger partial charge in [-0.15, -0.1) is 0 Å². The highest BCUT2D eigenvalue weighted by Crippen LogP contribution is 2.39. The van der Waals surface area contributed by atoms with Gasteiger partial charge >= 0.3 is 0 Å². The fraction of sp³-hybridized carbons (Fsp3) is 1.00. The van der Waals surface area contributed by atoms with Gasteiger partial charge in [-0.2, -0.15) is 5.11 Å². The van der Waals surface area contributed by atoms with Crippen molar-refractivity contribution in [2.45, 2.75) is 19.3 Å². The molecule has 3 heterocycles. The van der Waals surface area contributed by atoms with Gasteiger partial charge in [0, 0.05) is 0 Å². The molecular formula is C8H15N3. The molecule has 1 N–H and O–H groups in total. The van der Waals surface area contributed by atoms with Crippen molar-refractivity contribution in [1.29, 1.82) is 5.53 Å². The number of fused-ring (bicyclic) bond motifs is 3. The predicted molar refractivity (Wildman–Crippen MR) is 42.7 cm³/mol. The largest absolute Gasteiger partial charge is 0.303 e. The van der Waals surface area contributed by atoms with Crippen molar-refractivity contribution < 1.29 is 0 Å². The second-order valence-electron chi connectivity index (χ2n) is 3.91. The van der Waals surface area contributed by atoms with E-state index in [4.69, 9.17) is 5.53 Å². The minimum Gasteiger partial charge on any atom is -0.303 e. The summed E-state index contributed by atoms with van der Waals surface area (Å²) in [4.78, 5) is 2.52. The van der Waals surface area contributed by atoms with Crippen LogP contribution in [0.25, 0.3) is 0 Å². The van der Waals surface area contributed by atoms with Crippen LogP contribution in [-0.2, 0) is 0 Å². The van der Waals surface area contributed by atoms with Gasteiger partial charge in [0.1, 0.15) is 0 Å². The van der Waals surface area contributed by atoms with Gasteiger partial charge in [-0.25, -0.2) is 5.53 Å². The Morgan fingerprint density at radius 1 is 1.18 bits per heavy atom. The summed E-state index contributed by atoms with van der Waals surface area (Å²) in [6.45, 7) is 4.52. The third-order valence-corrected chi connectivity index (χ3v) is 3.29. The Labute approximate surface area is 67.3 Å². The van der Waals surface area contributed by atoms with Crippen LogP contribution >= 0.6 is 0 Å². The van der Waals surface area contributed by atoms with Crippen molar-refractivity contribution in [3.05, 3.63) is 0 Å². The minimum atomic E-state index is 0.441. The molecule has 0 atom stereocenters. The maximum absolute atomic E-state index is 6.90. The lowest BCUT2D eigenvalue weighted by atomic mass is 9.72. The number of rotatable bonds is 2. The summed E-state index contributed by atoms with van der Waals surface area (Å²) in [5.41, 5.74) is 7.34. The third-order valence-electron chi connectivity index (χ3n) is 3.29. The van der Waals surface area contributed by atoms with Crippen molar-refractivity contribution in [2.75, 3.05) is 26.2 Å². The first kappa shape index (κ1) is 7.22. The molecule has 0 spiro atoms. The molecule has 0 aliphatic carbocycles. The Kier molecular flexibility index (Phi) is 1.68. The number of nitrogens with one attached hydrogen (secondary N) is 1. The zero-order valence-electron chi connectivity index (χ0n) is 6.84. The van der Waals surface area contributed by atoms with Crippen LogP contribution in [0.5, 0.6) is 0 Å². The molecule has 0 radical (unpaired) electrons. The predicted octanol–water partition coefficient (Wildman–Crippen LogP) is 1.50. The zero-order valence-corrected chi connectivity index (χ0v) is 6.84. The van der Waals surface area contributed by atoms with Gasteiger partial charge in [-0.3, -0.25) is 0 Å². The summed E-state index contributed by atoms with van der Waals surface area (Å²) in [6, 6.07) is 0. The van der Waals surface area contributed by atoms with Gasteiger partial charge in [-0.05, 0) is 44.3 Å². The molecule has 0 aromatic carbocycles. The lowest BCUT2D eigenvalue weighted by Gasteiger charge is -2.47. The van der Waals surface area contributed by atoms with E-state index in [9.17, 15) is 0 Å². The molecule has 3 rings (SSSR count). The molecule has 3 nitrogen and oxygen atoms in total. The first-order chi connectivity index (χ1) is 5.35. The fourth-order valence-electron chi connectivity index (χ4n) is 2.30. The van der Waals surface area contributed by atoms with Crippen molar-refractivity contribution in [3.63, 3.8) is 0 Å². The van der Waals surface area contributed by atoms with Crippen molar-refractivity contribution >= 4 is 0 Å². The third kappa shape index (κ3) is 1.18. The summed E-state index contributed by atoms with van der Waals surface area (Å²) in [6.07, 6.45) is 3.82. The first-order valence-corrected chi connectivity index (χ1v) is 4.40. The van der Waals surface area contributed by atoms with Crippen LogP contribution in [0.4, 0.5) is 0 Å². The molecule has 0 aromatic heterocycles. The average molecular weight is 153 g/mol. The van der Waals surface area contributed by atoms with Crippen LogP contribution in [0.2, 0.25) is 0 Å². The molecule has 62 valence electrons. The summed E-state index contributed by atoms with van der Waals surface area (Å²) in [5.74, 6) is 0. The van der Waals surface area contributed by atoms with Crippen LogP contribution < -0.4 is 0 Å². The van der Waals surface area contributed by atoms with Gasteiger partial charge in [-0.1, -0.05) is 0 Å². The lowest BCUT2D eigenvalue weighted by Crippen LogP contribution is -2.49. The lowest BCUT2D eigenvalue weighted by molar-refractivity contribution is 0.0319. The molecule has 2 bridgehead atoms. The highest BCUT2D eigenvalue weighted by atomic mass is 15.2. The van der Waals surface area contributed by atoms with Gasteiger partial charge in [0.2, 0.25) is 0 Å². The van der Waals surface area contributed by atoms with E-state index in [0.717, 1.165) is 6.54 Å². The number of hydrogen-bond donors (Lipinski definition) is 1. The molecule has 0 aromatic rings. The quantitative estimate of drug-likeness (QED) is 0.600. The van der Waals surface area contributed by atoms with Crippen molar-refractivity contribution in [2.24, 2.45) is 10.5 Å². The van der Waals surface area contributed by atoms with E-state index in [1.54, 1.807) is 0 Å². The number of nitrogens with zero attached hydrogens (tertiary/aromatic N) is 2. The molecule has 3 fully saturated rings. The van der Waals surface area contributed by atoms with Gasteiger partial charge in [0.15, 0.2) is 0 Å². The molecule has 0 amide bonds. The molecular weight excluding hydrogens is 138 g/mol. The van der Waals surface area contributed by atoms with Crippen LogP contribution in [0.15, 0.2) is 5.11 Å². The Bertz CT molecular complexity index is 145. The Balaban J connectivity index is 2.05. The second-order valence-corrected chi connectivity index (χ2v) is 3.91. The maximum atomic E-state index is 6.90. The van der Waals surface area contributed by atoms with E-state index < -0.39 is 0 Å². The van der Waals surface area contributed by atoms with E-state index in [0.29, 0.717) is 5.41 Å². The molecule has 0 unspecified atom stereocenters. The van der Waals surface area contributed by atoms with Gasteiger partial charge in [0.25, 0.3) is 0 Å². The number of piperidine rings is 3. The smallest absolute Gasteiger partial charge is 0.0654 e. The molecule has 0 saturated carbocycles. The van der Waals surface area contributed by atoms with Crippen LogP contribution in [0.3, 0.4) is 0 Å². The highest BCUT2D eigenvalue weighted by Gasteiger charge is 2.38. The van der Waals surface area contributed by atoms with Crippen LogP contribution in [0.1, 0.15) is 19.3 Å². The topological polar surface area (TPSA) is 39.5 Å². The van der Waals surface area contributed by atoms with E-state index >= 15 is 0 Å². The summed E-state index contributed by atoms with van der Waals surface area (Å²) >= 11 is 0.